The molecule has 2 aromatic heterocycles. The van der Waals surface area contributed by atoms with Crippen molar-refractivity contribution in [1.29, 1.82) is 5.26 Å². The van der Waals surface area contributed by atoms with E-state index in [1.54, 1.807) is 17.4 Å². The molecule has 0 unspecified atom stereocenters. The van der Waals surface area contributed by atoms with Crippen LogP contribution in [0.4, 0.5) is 17.1 Å². The van der Waals surface area contributed by atoms with Gasteiger partial charge in [-0.1, -0.05) is 100 Å². The van der Waals surface area contributed by atoms with E-state index in [-0.39, 0.29) is 16.4 Å². The average molecular weight is 737 g/mol. The van der Waals surface area contributed by atoms with Crippen molar-refractivity contribution < 1.29 is 9.90 Å². The van der Waals surface area contributed by atoms with E-state index in [1.807, 2.05) is 12.1 Å². The van der Waals surface area contributed by atoms with Gasteiger partial charge in [0.25, 0.3) is 0 Å². The molecule has 9 rings (SSSR count). The van der Waals surface area contributed by atoms with Crippen LogP contribution in [0.15, 0.2) is 139 Å². The Morgan fingerprint density at radius 1 is 0.593 bits per heavy atom. The Morgan fingerprint density at radius 3 is 1.63 bits per heavy atom. The SMILES string of the molecule is CC1(C)c2ccccc2-c2ccc(N(c3ccc(-c4ccc(-c5ccc(C=C(C#N)C(=O)O)s5)s4)cc3)c3ccc4c(c3)C(C)(C)c3ccccc3-4)cc21. The molecule has 0 aliphatic heterocycles. The molecule has 2 heterocycles. The molecule has 0 radical (unpaired) electrons. The summed E-state index contributed by atoms with van der Waals surface area (Å²) in [4.78, 5) is 17.7. The molecular weight excluding hydrogens is 701 g/mol. The highest BCUT2D eigenvalue weighted by atomic mass is 32.1. The van der Waals surface area contributed by atoms with Crippen LogP contribution in [-0.4, -0.2) is 11.1 Å². The standard InChI is InChI=1S/C48H36N2O2S2/c1-47(2)39-11-7-5-9-35(39)37-20-17-32(26-41(37)47)50(33-18-21-38-36-10-6-8-12-40(36)48(3,4)42(38)27-33)31-15-13-29(14-16-31)43-23-24-45(54-43)44-22-19-34(53-44)25-30(28-49)46(51)52/h5-27H,1-4H3,(H,51,52). The summed E-state index contributed by atoms with van der Waals surface area (Å²) in [5.74, 6) is -1.22. The molecule has 0 atom stereocenters. The second kappa shape index (κ2) is 12.6. The molecule has 7 aromatic rings. The molecule has 0 fully saturated rings. The number of fused-ring (bicyclic) bond motifs is 6. The van der Waals surface area contributed by atoms with Crippen LogP contribution in [0.2, 0.25) is 0 Å². The third-order valence-electron chi connectivity index (χ3n) is 11.2. The number of nitriles is 1. The van der Waals surface area contributed by atoms with E-state index in [2.05, 4.69) is 154 Å². The molecule has 2 aliphatic carbocycles. The third-order valence-corrected chi connectivity index (χ3v) is 13.5. The molecule has 0 saturated carbocycles. The topological polar surface area (TPSA) is 64.3 Å². The smallest absolute Gasteiger partial charge is 0.346 e. The Labute approximate surface area is 323 Å². The number of hydrogen-bond acceptors (Lipinski definition) is 5. The number of aliphatic carboxylic acids is 1. The summed E-state index contributed by atoms with van der Waals surface area (Å²) < 4.78 is 0. The number of anilines is 3. The maximum atomic E-state index is 11.3. The second-order valence-electron chi connectivity index (χ2n) is 15.0. The minimum Gasteiger partial charge on any atom is -0.477 e. The van der Waals surface area contributed by atoms with E-state index in [9.17, 15) is 15.2 Å². The van der Waals surface area contributed by atoms with Crippen LogP contribution >= 0.6 is 22.7 Å². The zero-order chi connectivity index (χ0) is 37.4. The summed E-state index contributed by atoms with van der Waals surface area (Å²) in [7, 11) is 0. The van der Waals surface area contributed by atoms with Gasteiger partial charge in [0.1, 0.15) is 11.6 Å². The summed E-state index contributed by atoms with van der Waals surface area (Å²) >= 11 is 3.18. The van der Waals surface area contributed by atoms with Crippen LogP contribution in [0.5, 0.6) is 0 Å². The zero-order valence-corrected chi connectivity index (χ0v) is 32.0. The first-order chi connectivity index (χ1) is 26.0. The molecule has 2 aliphatic rings. The fourth-order valence-corrected chi connectivity index (χ4v) is 10.4. The molecule has 0 amide bonds. The van der Waals surface area contributed by atoms with Crippen LogP contribution in [0.3, 0.4) is 0 Å². The van der Waals surface area contributed by atoms with E-state index in [1.165, 1.54) is 61.9 Å². The lowest BCUT2D eigenvalue weighted by Gasteiger charge is -2.30. The Morgan fingerprint density at radius 2 is 1.07 bits per heavy atom. The lowest BCUT2D eigenvalue weighted by atomic mass is 9.82. The van der Waals surface area contributed by atoms with Crippen molar-refractivity contribution in [3.63, 3.8) is 0 Å². The molecule has 0 bridgehead atoms. The molecule has 0 saturated heterocycles. The van der Waals surface area contributed by atoms with Gasteiger partial charge < -0.3 is 10.0 Å². The predicted octanol–water partition coefficient (Wildman–Crippen LogP) is 13.2. The van der Waals surface area contributed by atoms with Crippen molar-refractivity contribution >= 4 is 51.8 Å². The lowest BCUT2D eigenvalue weighted by molar-refractivity contribution is -0.132. The molecule has 54 heavy (non-hydrogen) atoms. The molecule has 5 aromatic carbocycles. The van der Waals surface area contributed by atoms with Crippen LogP contribution in [0, 0.1) is 11.3 Å². The van der Waals surface area contributed by atoms with Crippen LogP contribution in [0.25, 0.3) is 48.5 Å². The molecule has 6 heteroatoms. The Bertz CT molecular complexity index is 2610. The van der Waals surface area contributed by atoms with Gasteiger partial charge in [-0.05, 0) is 117 Å². The quantitative estimate of drug-likeness (QED) is 0.131. The maximum absolute atomic E-state index is 11.3. The minimum absolute atomic E-state index is 0.121. The second-order valence-corrected chi connectivity index (χ2v) is 17.2. The van der Waals surface area contributed by atoms with Gasteiger partial charge in [-0.3, -0.25) is 0 Å². The van der Waals surface area contributed by atoms with Crippen LogP contribution in [0.1, 0.15) is 54.8 Å². The van der Waals surface area contributed by atoms with E-state index >= 15 is 0 Å². The van der Waals surface area contributed by atoms with Gasteiger partial charge in [-0.25, -0.2) is 4.79 Å². The van der Waals surface area contributed by atoms with Gasteiger partial charge >= 0.3 is 5.97 Å². The van der Waals surface area contributed by atoms with Gasteiger partial charge in [0, 0.05) is 47.4 Å². The highest BCUT2D eigenvalue weighted by molar-refractivity contribution is 7.24. The van der Waals surface area contributed by atoms with Gasteiger partial charge in [-0.2, -0.15) is 5.26 Å². The van der Waals surface area contributed by atoms with Crippen LogP contribution < -0.4 is 4.90 Å². The molecule has 1 N–H and O–H groups in total. The van der Waals surface area contributed by atoms with Crippen LogP contribution in [-0.2, 0) is 15.6 Å². The lowest BCUT2D eigenvalue weighted by Crippen LogP contribution is -2.18. The fourth-order valence-electron chi connectivity index (χ4n) is 8.36. The van der Waals surface area contributed by atoms with E-state index in [0.29, 0.717) is 0 Å². The first-order valence-electron chi connectivity index (χ1n) is 18.0. The predicted molar refractivity (Wildman–Crippen MR) is 224 cm³/mol. The largest absolute Gasteiger partial charge is 0.477 e. The molecule has 262 valence electrons. The Balaban J connectivity index is 1.11. The average Bonchev–Trinajstić information content (AvgIpc) is 3.95. The van der Waals surface area contributed by atoms with Gasteiger partial charge in [-0.15, -0.1) is 22.7 Å². The van der Waals surface area contributed by atoms with Crippen molar-refractivity contribution in [2.24, 2.45) is 0 Å². The van der Waals surface area contributed by atoms with E-state index in [0.717, 1.165) is 42.1 Å². The summed E-state index contributed by atoms with van der Waals surface area (Å²) in [6.07, 6.45) is 1.43. The number of carbonyl (C=O) groups is 1. The maximum Gasteiger partial charge on any atom is 0.346 e. The normalized spacial score (nSPS) is 14.5. The van der Waals surface area contributed by atoms with Crippen molar-refractivity contribution in [2.45, 2.75) is 38.5 Å². The van der Waals surface area contributed by atoms with E-state index < -0.39 is 5.97 Å². The summed E-state index contributed by atoms with van der Waals surface area (Å²) in [6, 6.07) is 50.2. The number of benzene rings is 5. The van der Waals surface area contributed by atoms with Gasteiger partial charge in [0.05, 0.1) is 0 Å². The van der Waals surface area contributed by atoms with E-state index in [4.69, 9.17) is 0 Å². The number of carboxylic acid groups (broad SMARTS) is 1. The number of nitrogens with zero attached hydrogens (tertiary/aromatic N) is 2. The highest BCUT2D eigenvalue weighted by Gasteiger charge is 2.37. The van der Waals surface area contributed by atoms with Crippen molar-refractivity contribution in [3.8, 4) is 48.5 Å². The molecule has 4 nitrogen and oxygen atoms in total. The van der Waals surface area contributed by atoms with Crippen molar-refractivity contribution in [3.05, 3.63) is 166 Å². The number of rotatable bonds is 7. The third kappa shape index (κ3) is 5.35. The van der Waals surface area contributed by atoms with Crippen molar-refractivity contribution in [1.82, 2.24) is 0 Å². The molecular formula is C48H36N2O2S2. The summed E-state index contributed by atoms with van der Waals surface area (Å²) in [6.45, 7) is 9.33. The minimum atomic E-state index is -1.22. The number of carboxylic acids is 1. The summed E-state index contributed by atoms with van der Waals surface area (Å²) in [5, 5.41) is 18.4. The first-order valence-corrected chi connectivity index (χ1v) is 19.6. The van der Waals surface area contributed by atoms with Gasteiger partial charge in [0.2, 0.25) is 0 Å². The Hall–Kier alpha value is -6.00. The zero-order valence-electron chi connectivity index (χ0n) is 30.3. The van der Waals surface area contributed by atoms with Gasteiger partial charge in [0.15, 0.2) is 0 Å². The fraction of sp³-hybridized carbons (Fsp3) is 0.125. The molecule has 0 spiro atoms. The Kier molecular flexibility index (Phi) is 7.86. The van der Waals surface area contributed by atoms with Crippen molar-refractivity contribution in [2.75, 3.05) is 4.90 Å². The first kappa shape index (κ1) is 33.8. The highest BCUT2D eigenvalue weighted by Crippen LogP contribution is 2.53. The monoisotopic (exact) mass is 736 g/mol. The number of thiophene rings is 2. The summed E-state index contributed by atoms with van der Waals surface area (Å²) in [5.41, 5.74) is 14.6. The number of hydrogen-bond donors (Lipinski definition) is 1.